The highest BCUT2D eigenvalue weighted by Gasteiger charge is 2.34. The lowest BCUT2D eigenvalue weighted by molar-refractivity contribution is -0.121. The topological polar surface area (TPSA) is 66.4 Å². The average molecular weight is 360 g/mol. The molecule has 2 heterocycles. The maximum Gasteiger partial charge on any atom is 0.256 e. The van der Waals surface area contributed by atoms with E-state index in [1.807, 2.05) is 44.2 Å². The van der Waals surface area contributed by atoms with Crippen LogP contribution in [0.1, 0.15) is 22.8 Å². The van der Waals surface area contributed by atoms with Crippen LogP contribution in [0.3, 0.4) is 0 Å². The number of carbonyl (C=O) groups is 2. The highest BCUT2D eigenvalue weighted by atomic mass is 16.2. The minimum absolute atomic E-state index is 0.0462. The molecule has 0 aliphatic carbocycles. The first kappa shape index (κ1) is 17.1. The van der Waals surface area contributed by atoms with Crippen LogP contribution in [0.25, 0.3) is 11.0 Å². The molecule has 2 aromatic carbocycles. The molecule has 6 heteroatoms. The predicted octanol–water partition coefficient (Wildman–Crippen LogP) is 2.82. The van der Waals surface area contributed by atoms with Gasteiger partial charge in [-0.2, -0.15) is 0 Å². The predicted molar refractivity (Wildman–Crippen MR) is 104 cm³/mol. The van der Waals surface area contributed by atoms with Crippen molar-refractivity contribution in [1.82, 2.24) is 14.9 Å². The standard InChI is InChI=1S/C21H20N4O2/c1-14-5-3-6-16(11-14)25-12-15(2)24(13-19(25)26)21(27)17-7-4-8-18-20(17)23-10-9-22-18/h3-11,15H,12-13H2,1-2H3/t15-/m1/s1. The van der Waals surface area contributed by atoms with Crippen LogP contribution < -0.4 is 4.90 Å². The molecule has 0 N–H and O–H groups in total. The Hall–Kier alpha value is -3.28. The molecule has 27 heavy (non-hydrogen) atoms. The van der Waals surface area contributed by atoms with E-state index in [1.54, 1.807) is 34.3 Å². The van der Waals surface area contributed by atoms with Crippen LogP contribution >= 0.6 is 0 Å². The van der Waals surface area contributed by atoms with E-state index in [0.717, 1.165) is 11.3 Å². The van der Waals surface area contributed by atoms with Crippen LogP contribution in [0.2, 0.25) is 0 Å². The number of hydrogen-bond acceptors (Lipinski definition) is 4. The van der Waals surface area contributed by atoms with Crippen LogP contribution in [0, 0.1) is 6.92 Å². The van der Waals surface area contributed by atoms with Gasteiger partial charge < -0.3 is 9.80 Å². The van der Waals surface area contributed by atoms with Crippen molar-refractivity contribution in [2.45, 2.75) is 19.9 Å². The van der Waals surface area contributed by atoms with Crippen LogP contribution in [-0.4, -0.2) is 45.8 Å². The van der Waals surface area contributed by atoms with Gasteiger partial charge >= 0.3 is 0 Å². The van der Waals surface area contributed by atoms with E-state index in [2.05, 4.69) is 9.97 Å². The zero-order valence-electron chi connectivity index (χ0n) is 15.3. The van der Waals surface area contributed by atoms with Crippen LogP contribution in [0.15, 0.2) is 54.9 Å². The van der Waals surface area contributed by atoms with Crippen molar-refractivity contribution in [2.75, 3.05) is 18.0 Å². The first-order chi connectivity index (χ1) is 13.0. The first-order valence-corrected chi connectivity index (χ1v) is 8.92. The summed E-state index contributed by atoms with van der Waals surface area (Å²) in [6, 6.07) is 13.1. The first-order valence-electron chi connectivity index (χ1n) is 8.92. The third kappa shape index (κ3) is 3.14. The van der Waals surface area contributed by atoms with Crippen LogP contribution in [0.4, 0.5) is 5.69 Å². The van der Waals surface area contributed by atoms with Gasteiger partial charge in [0.15, 0.2) is 0 Å². The third-order valence-electron chi connectivity index (χ3n) is 4.89. The number of benzene rings is 2. The molecule has 3 aromatic rings. The molecule has 0 spiro atoms. The summed E-state index contributed by atoms with van der Waals surface area (Å²) < 4.78 is 0. The average Bonchev–Trinajstić information content (AvgIpc) is 2.68. The number of amides is 2. The zero-order valence-corrected chi connectivity index (χ0v) is 15.3. The molecule has 1 aliphatic heterocycles. The largest absolute Gasteiger partial charge is 0.325 e. The van der Waals surface area contributed by atoms with E-state index in [1.165, 1.54) is 0 Å². The Morgan fingerprint density at radius 2 is 1.89 bits per heavy atom. The number of nitrogens with zero attached hydrogens (tertiary/aromatic N) is 4. The highest BCUT2D eigenvalue weighted by molar-refractivity contribution is 6.07. The summed E-state index contributed by atoms with van der Waals surface area (Å²) in [5.74, 6) is -0.274. The van der Waals surface area contributed by atoms with Crippen molar-refractivity contribution in [3.05, 3.63) is 66.0 Å². The molecular formula is C21H20N4O2. The van der Waals surface area contributed by atoms with Crippen molar-refractivity contribution < 1.29 is 9.59 Å². The smallest absolute Gasteiger partial charge is 0.256 e. The molecule has 1 fully saturated rings. The summed E-state index contributed by atoms with van der Waals surface area (Å²) in [7, 11) is 0. The molecule has 6 nitrogen and oxygen atoms in total. The fourth-order valence-electron chi connectivity index (χ4n) is 3.49. The van der Waals surface area contributed by atoms with E-state index in [9.17, 15) is 9.59 Å². The van der Waals surface area contributed by atoms with Crippen molar-refractivity contribution in [1.29, 1.82) is 0 Å². The molecule has 1 saturated heterocycles. The number of aromatic nitrogens is 2. The van der Waals surface area contributed by atoms with E-state index < -0.39 is 0 Å². The highest BCUT2D eigenvalue weighted by Crippen LogP contribution is 2.24. The lowest BCUT2D eigenvalue weighted by Gasteiger charge is -2.39. The summed E-state index contributed by atoms with van der Waals surface area (Å²) in [4.78, 5) is 37.9. The fourth-order valence-corrected chi connectivity index (χ4v) is 3.49. The van der Waals surface area contributed by atoms with Gasteiger partial charge in [0, 0.05) is 30.7 Å². The van der Waals surface area contributed by atoms with Crippen LogP contribution in [0.5, 0.6) is 0 Å². The number of para-hydroxylation sites is 1. The molecule has 0 bridgehead atoms. The molecule has 0 saturated carbocycles. The Morgan fingerprint density at radius 3 is 2.70 bits per heavy atom. The summed E-state index contributed by atoms with van der Waals surface area (Å²) in [5, 5.41) is 0. The van der Waals surface area contributed by atoms with Crippen LogP contribution in [-0.2, 0) is 4.79 Å². The monoisotopic (exact) mass is 360 g/mol. The van der Waals surface area contributed by atoms with E-state index in [-0.39, 0.29) is 24.4 Å². The van der Waals surface area contributed by atoms with Gasteiger partial charge in [0.1, 0.15) is 12.1 Å². The minimum Gasteiger partial charge on any atom is -0.325 e. The van der Waals surface area contributed by atoms with Gasteiger partial charge in [-0.3, -0.25) is 19.6 Å². The van der Waals surface area contributed by atoms with Gasteiger partial charge in [-0.25, -0.2) is 0 Å². The Kier molecular flexibility index (Phi) is 4.32. The summed E-state index contributed by atoms with van der Waals surface area (Å²) >= 11 is 0. The lowest BCUT2D eigenvalue weighted by Crippen LogP contribution is -2.57. The van der Waals surface area contributed by atoms with Crippen molar-refractivity contribution in [3.63, 3.8) is 0 Å². The van der Waals surface area contributed by atoms with Gasteiger partial charge in [-0.1, -0.05) is 18.2 Å². The maximum absolute atomic E-state index is 13.2. The number of rotatable bonds is 2. The van der Waals surface area contributed by atoms with Crippen molar-refractivity contribution in [3.8, 4) is 0 Å². The summed E-state index contributed by atoms with van der Waals surface area (Å²) in [6.07, 6.45) is 3.17. The van der Waals surface area contributed by atoms with E-state index >= 15 is 0 Å². The van der Waals surface area contributed by atoms with Gasteiger partial charge in [-0.05, 0) is 43.7 Å². The molecule has 0 unspecified atom stereocenters. The second-order valence-corrected chi connectivity index (χ2v) is 6.86. The third-order valence-corrected chi connectivity index (χ3v) is 4.89. The number of anilines is 1. The second kappa shape index (κ2) is 6.79. The number of aryl methyl sites for hydroxylation is 1. The summed E-state index contributed by atoms with van der Waals surface area (Å²) in [6.45, 7) is 4.47. The molecule has 1 atom stereocenters. The molecule has 4 rings (SSSR count). The Balaban J connectivity index is 1.62. The second-order valence-electron chi connectivity index (χ2n) is 6.86. The number of fused-ring (bicyclic) bond motifs is 1. The maximum atomic E-state index is 13.2. The Bertz CT molecular complexity index is 1030. The van der Waals surface area contributed by atoms with Crippen molar-refractivity contribution >= 4 is 28.5 Å². The molecule has 0 radical (unpaired) electrons. The molecule has 2 amide bonds. The number of piperazine rings is 1. The van der Waals surface area contributed by atoms with E-state index in [0.29, 0.717) is 23.1 Å². The van der Waals surface area contributed by atoms with Gasteiger partial charge in [-0.15, -0.1) is 0 Å². The molecule has 1 aliphatic rings. The van der Waals surface area contributed by atoms with Crippen molar-refractivity contribution in [2.24, 2.45) is 0 Å². The van der Waals surface area contributed by atoms with Gasteiger partial charge in [0.25, 0.3) is 5.91 Å². The van der Waals surface area contributed by atoms with Gasteiger partial charge in [0.05, 0.1) is 11.1 Å². The number of hydrogen-bond donors (Lipinski definition) is 0. The minimum atomic E-state index is -0.189. The quantitative estimate of drug-likeness (QED) is 0.705. The Labute approximate surface area is 157 Å². The fraction of sp³-hybridized carbons (Fsp3) is 0.238. The molecular weight excluding hydrogens is 340 g/mol. The zero-order chi connectivity index (χ0) is 19.0. The molecule has 136 valence electrons. The number of carbonyl (C=O) groups excluding carboxylic acids is 2. The summed E-state index contributed by atoms with van der Waals surface area (Å²) in [5.41, 5.74) is 3.67. The van der Waals surface area contributed by atoms with Gasteiger partial charge in [0.2, 0.25) is 5.91 Å². The normalized spacial score (nSPS) is 17.4. The SMILES string of the molecule is Cc1cccc(N2C[C@@H](C)N(C(=O)c3cccc4nccnc34)CC2=O)c1. The van der Waals surface area contributed by atoms with E-state index in [4.69, 9.17) is 0 Å². The molecule has 1 aromatic heterocycles. The lowest BCUT2D eigenvalue weighted by atomic mass is 10.1. The Morgan fingerprint density at radius 1 is 1.11 bits per heavy atom.